The zero-order valence-electron chi connectivity index (χ0n) is 25.5. The standard InChI is InChI=1S/C31H44N3O6PS/c1-18-17-32-29(42-18)33-27(35)9-7-8-20-15-26(34-39-6)31(5)13-12-21-22(28(20)31)11-10-19-14-25(40-41(36,37)38)24(16-23(19)21)30(2,3)4/h14,16-17,20-22,28H,7-13,15H2,1-6H3,(H,32,33,35)(H2,36,37,38)/b34-26+/t20-,21?,22?,28?,31-/m1/s1. The quantitative estimate of drug-likeness (QED) is 0.212. The summed E-state index contributed by atoms with van der Waals surface area (Å²) in [5, 5.41) is 8.14. The summed E-state index contributed by atoms with van der Waals surface area (Å²) >= 11 is 1.49. The summed E-state index contributed by atoms with van der Waals surface area (Å²) in [5.41, 5.74) is 4.01. The number of thiazole rings is 1. The lowest BCUT2D eigenvalue weighted by molar-refractivity contribution is -0.116. The minimum atomic E-state index is -4.69. The number of benzene rings is 1. The Balaban J connectivity index is 1.40. The first-order valence-corrected chi connectivity index (χ1v) is 17.3. The summed E-state index contributed by atoms with van der Waals surface area (Å²) in [6.45, 7) is 10.5. The van der Waals surface area contributed by atoms with Gasteiger partial charge >= 0.3 is 7.82 Å². The van der Waals surface area contributed by atoms with Gasteiger partial charge in [-0.25, -0.2) is 9.55 Å². The molecular weight excluding hydrogens is 573 g/mol. The molecule has 3 aliphatic rings. The zero-order chi connectivity index (χ0) is 30.4. The van der Waals surface area contributed by atoms with Crippen LogP contribution < -0.4 is 9.84 Å². The van der Waals surface area contributed by atoms with Crippen LogP contribution in [0.4, 0.5) is 5.13 Å². The number of phosphoric ester groups is 1. The predicted octanol–water partition coefficient (Wildman–Crippen LogP) is 7.11. The van der Waals surface area contributed by atoms with Crippen molar-refractivity contribution < 1.29 is 28.5 Å². The smallest absolute Gasteiger partial charge is 0.404 e. The van der Waals surface area contributed by atoms with Crippen LogP contribution in [0.1, 0.15) is 100 Å². The molecule has 42 heavy (non-hydrogen) atoms. The third-order valence-electron chi connectivity index (χ3n) is 9.77. The molecule has 230 valence electrons. The van der Waals surface area contributed by atoms with Crippen molar-refractivity contribution in [2.75, 3.05) is 12.4 Å². The first kappa shape index (κ1) is 31.2. The van der Waals surface area contributed by atoms with Crippen molar-refractivity contribution in [2.24, 2.45) is 28.3 Å². The van der Waals surface area contributed by atoms with Crippen molar-refractivity contribution >= 4 is 35.9 Å². The second kappa shape index (κ2) is 11.7. The van der Waals surface area contributed by atoms with E-state index in [2.05, 4.69) is 28.4 Å². The van der Waals surface area contributed by atoms with E-state index in [9.17, 15) is 19.1 Å². The maximum absolute atomic E-state index is 12.7. The summed E-state index contributed by atoms with van der Waals surface area (Å²) in [6.07, 6.45) is 8.75. The van der Waals surface area contributed by atoms with E-state index in [0.29, 0.717) is 35.2 Å². The molecule has 1 aromatic carbocycles. The Morgan fingerprint density at radius 2 is 2.05 bits per heavy atom. The monoisotopic (exact) mass is 617 g/mol. The molecule has 9 nitrogen and oxygen atoms in total. The molecule has 0 saturated heterocycles. The van der Waals surface area contributed by atoms with Gasteiger partial charge in [0.25, 0.3) is 0 Å². The lowest BCUT2D eigenvalue weighted by atomic mass is 9.53. The Hall–Kier alpha value is -2.26. The van der Waals surface area contributed by atoms with Gasteiger partial charge in [0.05, 0.1) is 5.71 Å². The number of carbonyl (C=O) groups is 1. The maximum atomic E-state index is 12.7. The number of aryl methyl sites for hydroxylation is 2. The molecular formula is C31H44N3O6PS. The van der Waals surface area contributed by atoms with Crippen LogP contribution in [-0.2, 0) is 26.0 Å². The number of phosphoric acid groups is 1. The summed E-state index contributed by atoms with van der Waals surface area (Å²) in [5.74, 6) is 1.94. The number of hydrogen-bond donors (Lipinski definition) is 3. The lowest BCUT2D eigenvalue weighted by Crippen LogP contribution is -2.44. The van der Waals surface area contributed by atoms with Gasteiger partial charge in [-0.05, 0) is 98.1 Å². The summed E-state index contributed by atoms with van der Waals surface area (Å²) < 4.78 is 17.0. The number of oxime groups is 1. The van der Waals surface area contributed by atoms with Crippen molar-refractivity contribution in [3.05, 3.63) is 39.9 Å². The fourth-order valence-corrected chi connectivity index (χ4v) is 9.19. The van der Waals surface area contributed by atoms with Crippen LogP contribution in [0.15, 0.2) is 23.5 Å². The van der Waals surface area contributed by atoms with Crippen LogP contribution in [0.5, 0.6) is 5.75 Å². The van der Waals surface area contributed by atoms with E-state index in [1.807, 2.05) is 33.8 Å². The van der Waals surface area contributed by atoms with Crippen molar-refractivity contribution in [1.82, 2.24) is 4.98 Å². The van der Waals surface area contributed by atoms with Gasteiger partial charge in [-0.3, -0.25) is 14.6 Å². The summed E-state index contributed by atoms with van der Waals surface area (Å²) in [7, 11) is -3.07. The van der Waals surface area contributed by atoms with E-state index in [-0.39, 0.29) is 22.5 Å². The molecule has 0 aliphatic heterocycles. The van der Waals surface area contributed by atoms with Crippen LogP contribution in [0, 0.1) is 30.1 Å². The maximum Gasteiger partial charge on any atom is 0.524 e. The van der Waals surface area contributed by atoms with E-state index in [1.165, 1.54) is 16.9 Å². The topological polar surface area (TPSA) is 130 Å². The highest BCUT2D eigenvalue weighted by Crippen LogP contribution is 2.63. The third kappa shape index (κ3) is 6.33. The van der Waals surface area contributed by atoms with E-state index >= 15 is 0 Å². The van der Waals surface area contributed by atoms with E-state index in [0.717, 1.165) is 66.7 Å². The Morgan fingerprint density at radius 1 is 1.29 bits per heavy atom. The van der Waals surface area contributed by atoms with Crippen LogP contribution in [0.2, 0.25) is 0 Å². The molecule has 3 aliphatic carbocycles. The number of nitrogens with one attached hydrogen (secondary N) is 1. The highest BCUT2D eigenvalue weighted by atomic mass is 32.1. The molecule has 0 radical (unpaired) electrons. The third-order valence-corrected chi connectivity index (χ3v) is 11.0. The Morgan fingerprint density at radius 3 is 2.69 bits per heavy atom. The highest BCUT2D eigenvalue weighted by molar-refractivity contribution is 7.46. The minimum Gasteiger partial charge on any atom is -0.404 e. The van der Waals surface area contributed by atoms with Crippen molar-refractivity contribution in [3.8, 4) is 5.75 Å². The number of carbonyl (C=O) groups excluding carboxylic acids is 1. The highest BCUT2D eigenvalue weighted by Gasteiger charge is 2.57. The van der Waals surface area contributed by atoms with Gasteiger partial charge in [-0.2, -0.15) is 0 Å². The number of hydrogen-bond acceptors (Lipinski definition) is 7. The average molecular weight is 618 g/mol. The van der Waals surface area contributed by atoms with Crippen LogP contribution in [-0.4, -0.2) is 33.5 Å². The minimum absolute atomic E-state index is 0.00652. The fourth-order valence-electron chi connectivity index (χ4n) is 8.11. The Kier molecular flexibility index (Phi) is 8.67. The molecule has 1 aromatic heterocycles. The second-order valence-electron chi connectivity index (χ2n) is 13.6. The van der Waals surface area contributed by atoms with Crippen LogP contribution in [0.25, 0.3) is 0 Å². The molecule has 0 spiro atoms. The van der Waals surface area contributed by atoms with Crippen molar-refractivity contribution in [2.45, 2.75) is 97.3 Å². The first-order chi connectivity index (χ1) is 19.7. The Labute approximate surface area is 252 Å². The molecule has 3 N–H and O–H groups in total. The second-order valence-corrected chi connectivity index (χ2v) is 16.0. The molecule has 5 rings (SSSR count). The van der Waals surface area contributed by atoms with Gasteiger partial charge in [0.2, 0.25) is 5.91 Å². The molecule has 2 aromatic rings. The number of fused-ring (bicyclic) bond motifs is 5. The van der Waals surface area contributed by atoms with Gasteiger partial charge in [0.15, 0.2) is 5.13 Å². The largest absolute Gasteiger partial charge is 0.524 e. The predicted molar refractivity (Wildman–Crippen MR) is 165 cm³/mol. The lowest BCUT2D eigenvalue weighted by Gasteiger charge is -2.50. The van der Waals surface area contributed by atoms with Gasteiger partial charge in [-0.1, -0.05) is 38.9 Å². The number of aromatic nitrogens is 1. The molecule has 11 heteroatoms. The fraction of sp³-hybridized carbons (Fsp3) is 0.645. The number of amides is 1. The molecule has 5 atom stereocenters. The van der Waals surface area contributed by atoms with E-state index < -0.39 is 7.82 Å². The summed E-state index contributed by atoms with van der Waals surface area (Å²) in [6, 6.07) is 4.05. The van der Waals surface area contributed by atoms with Crippen LogP contribution in [0.3, 0.4) is 0 Å². The normalized spacial score (nSPS) is 28.1. The molecule has 1 heterocycles. The van der Waals surface area contributed by atoms with Gasteiger partial charge in [0.1, 0.15) is 12.9 Å². The zero-order valence-corrected chi connectivity index (χ0v) is 27.2. The van der Waals surface area contributed by atoms with Crippen molar-refractivity contribution in [3.63, 3.8) is 0 Å². The van der Waals surface area contributed by atoms with Crippen molar-refractivity contribution in [1.29, 1.82) is 0 Å². The molecule has 0 bridgehead atoms. The van der Waals surface area contributed by atoms with Gasteiger partial charge in [-0.15, -0.1) is 11.3 Å². The van der Waals surface area contributed by atoms with E-state index in [1.54, 1.807) is 13.3 Å². The average Bonchev–Trinajstić information content (AvgIpc) is 3.41. The van der Waals surface area contributed by atoms with E-state index in [4.69, 9.17) is 9.36 Å². The molecule has 3 unspecified atom stereocenters. The molecule has 2 fully saturated rings. The van der Waals surface area contributed by atoms with Gasteiger partial charge in [0, 0.05) is 28.5 Å². The SMILES string of the molecule is CO/N=C1\C[C@@H](CCCC(=O)Nc2ncc(C)s2)C2C3CCc4cc(OP(=O)(O)O)c(C(C)(C)C)cc4C3CC[C@]12C. The number of nitrogens with zero attached hydrogens (tertiary/aromatic N) is 2. The summed E-state index contributed by atoms with van der Waals surface area (Å²) in [4.78, 5) is 42.5. The number of rotatable bonds is 8. The molecule has 2 saturated carbocycles. The first-order valence-electron chi connectivity index (χ1n) is 14.9. The van der Waals surface area contributed by atoms with Crippen LogP contribution >= 0.6 is 19.2 Å². The number of anilines is 1. The molecule has 1 amide bonds. The van der Waals surface area contributed by atoms with Gasteiger partial charge < -0.3 is 14.7 Å². The Bertz CT molecular complexity index is 1410.